The summed E-state index contributed by atoms with van der Waals surface area (Å²) in [5.74, 6) is 1.51. The van der Waals surface area contributed by atoms with E-state index in [4.69, 9.17) is 9.47 Å². The molecule has 0 aliphatic carbocycles. The quantitative estimate of drug-likeness (QED) is 0.874. The highest BCUT2D eigenvalue weighted by Crippen LogP contribution is 2.36. The Morgan fingerprint density at radius 2 is 1.90 bits per heavy atom. The van der Waals surface area contributed by atoms with Gasteiger partial charge in [0.15, 0.2) is 11.5 Å². The number of ether oxygens (including phenoxy) is 2. The normalized spacial score (nSPS) is 21.8. The molecule has 0 bridgehead atoms. The second-order valence-electron chi connectivity index (χ2n) is 5.28. The Labute approximate surface area is 119 Å². The summed E-state index contributed by atoms with van der Waals surface area (Å²) < 4.78 is 11.2. The number of nitriles is 1. The number of rotatable bonds is 2. The van der Waals surface area contributed by atoms with Crippen molar-refractivity contribution >= 4 is 0 Å². The number of nitrogens with zero attached hydrogens (tertiary/aromatic N) is 2. The van der Waals surface area contributed by atoms with Gasteiger partial charge in [0.1, 0.15) is 18.8 Å². The summed E-state index contributed by atoms with van der Waals surface area (Å²) in [6.45, 7) is 6.71. The van der Waals surface area contributed by atoms with Gasteiger partial charge in [-0.25, -0.2) is 0 Å². The average Bonchev–Trinajstić information content (AvgIpc) is 2.54. The highest BCUT2D eigenvalue weighted by atomic mass is 16.6. The van der Waals surface area contributed by atoms with Gasteiger partial charge in [-0.2, -0.15) is 5.26 Å². The molecule has 5 nitrogen and oxygen atoms in total. The molecule has 106 valence electrons. The molecule has 2 aliphatic heterocycles. The van der Waals surface area contributed by atoms with Crippen molar-refractivity contribution < 1.29 is 9.47 Å². The first kappa shape index (κ1) is 13.2. The first-order valence-electron chi connectivity index (χ1n) is 7.01. The summed E-state index contributed by atoms with van der Waals surface area (Å²) in [5, 5.41) is 13.0. The van der Waals surface area contributed by atoms with Crippen LogP contribution in [0.3, 0.4) is 0 Å². The molecule has 2 heterocycles. The van der Waals surface area contributed by atoms with Gasteiger partial charge in [-0.05, 0) is 24.6 Å². The molecule has 2 aliphatic rings. The van der Waals surface area contributed by atoms with Crippen molar-refractivity contribution in [2.45, 2.75) is 12.5 Å². The van der Waals surface area contributed by atoms with Gasteiger partial charge in [-0.3, -0.25) is 4.90 Å². The molecule has 1 atom stereocenters. The molecule has 20 heavy (non-hydrogen) atoms. The zero-order valence-corrected chi connectivity index (χ0v) is 11.7. The Kier molecular flexibility index (Phi) is 3.51. The second kappa shape index (κ2) is 5.31. The zero-order chi connectivity index (χ0) is 14.0. The van der Waals surface area contributed by atoms with E-state index in [-0.39, 0.29) is 0 Å². The fraction of sp³-hybridized carbons (Fsp3) is 0.533. The molecule has 0 spiro atoms. The summed E-state index contributed by atoms with van der Waals surface area (Å²) in [6.07, 6.45) is 0. The summed E-state index contributed by atoms with van der Waals surface area (Å²) >= 11 is 0. The van der Waals surface area contributed by atoms with Crippen LogP contribution in [0.5, 0.6) is 11.5 Å². The predicted octanol–water partition coefficient (Wildman–Crippen LogP) is 1.10. The molecule has 1 aromatic carbocycles. The van der Waals surface area contributed by atoms with Crippen LogP contribution in [0.25, 0.3) is 0 Å². The van der Waals surface area contributed by atoms with E-state index in [9.17, 15) is 5.26 Å². The number of hydrogen-bond donors (Lipinski definition) is 1. The van der Waals surface area contributed by atoms with Crippen LogP contribution in [0, 0.1) is 11.3 Å². The summed E-state index contributed by atoms with van der Waals surface area (Å²) in [7, 11) is 0. The van der Waals surface area contributed by atoms with Crippen molar-refractivity contribution in [1.29, 1.82) is 5.26 Å². The van der Waals surface area contributed by atoms with Crippen LogP contribution < -0.4 is 14.8 Å². The topological polar surface area (TPSA) is 57.5 Å². The minimum Gasteiger partial charge on any atom is -0.486 e. The van der Waals surface area contributed by atoms with Gasteiger partial charge in [-0.15, -0.1) is 0 Å². The molecule has 0 saturated carbocycles. The van der Waals surface area contributed by atoms with Gasteiger partial charge in [0.05, 0.1) is 6.07 Å². The predicted molar refractivity (Wildman–Crippen MR) is 74.8 cm³/mol. The maximum absolute atomic E-state index is 9.71. The second-order valence-corrected chi connectivity index (χ2v) is 5.28. The van der Waals surface area contributed by atoms with E-state index >= 15 is 0 Å². The Bertz CT molecular complexity index is 534. The van der Waals surface area contributed by atoms with Crippen molar-refractivity contribution in [3.8, 4) is 17.6 Å². The average molecular weight is 273 g/mol. The SMILES string of the molecule is CC(C#N)(c1ccc2c(c1)OCCO2)N1CCNCC1. The van der Waals surface area contributed by atoms with Crippen LogP contribution in [0.1, 0.15) is 12.5 Å². The van der Waals surface area contributed by atoms with Crippen molar-refractivity contribution in [3.05, 3.63) is 23.8 Å². The largest absolute Gasteiger partial charge is 0.486 e. The number of hydrogen-bond acceptors (Lipinski definition) is 5. The summed E-state index contributed by atoms with van der Waals surface area (Å²) in [6, 6.07) is 8.29. The third kappa shape index (κ3) is 2.21. The lowest BCUT2D eigenvalue weighted by molar-refractivity contribution is 0.131. The lowest BCUT2D eigenvalue weighted by atomic mass is 9.90. The molecule has 0 radical (unpaired) electrons. The van der Waals surface area contributed by atoms with Gasteiger partial charge < -0.3 is 14.8 Å². The monoisotopic (exact) mass is 273 g/mol. The fourth-order valence-corrected chi connectivity index (χ4v) is 2.78. The molecule has 1 fully saturated rings. The van der Waals surface area contributed by atoms with Crippen LogP contribution >= 0.6 is 0 Å². The van der Waals surface area contributed by atoms with E-state index in [1.807, 2.05) is 25.1 Å². The van der Waals surface area contributed by atoms with Gasteiger partial charge >= 0.3 is 0 Å². The number of benzene rings is 1. The number of piperazine rings is 1. The summed E-state index contributed by atoms with van der Waals surface area (Å²) in [5.41, 5.74) is 0.337. The lowest BCUT2D eigenvalue weighted by Crippen LogP contribution is -2.52. The van der Waals surface area contributed by atoms with Crippen LogP contribution in [-0.4, -0.2) is 44.3 Å². The maximum Gasteiger partial charge on any atom is 0.161 e. The van der Waals surface area contributed by atoms with E-state index in [2.05, 4.69) is 16.3 Å². The van der Waals surface area contributed by atoms with Gasteiger partial charge in [0.2, 0.25) is 0 Å². The van der Waals surface area contributed by atoms with Crippen LogP contribution in [-0.2, 0) is 5.54 Å². The number of fused-ring (bicyclic) bond motifs is 1. The zero-order valence-electron chi connectivity index (χ0n) is 11.7. The van der Waals surface area contributed by atoms with Crippen molar-refractivity contribution in [1.82, 2.24) is 10.2 Å². The van der Waals surface area contributed by atoms with E-state index in [1.165, 1.54) is 0 Å². The van der Waals surface area contributed by atoms with Crippen LogP contribution in [0.15, 0.2) is 18.2 Å². The third-order valence-electron chi connectivity index (χ3n) is 4.07. The minimum absolute atomic E-state index is 0.563. The minimum atomic E-state index is -0.627. The Morgan fingerprint density at radius 3 is 2.60 bits per heavy atom. The Hall–Kier alpha value is -1.77. The van der Waals surface area contributed by atoms with Gasteiger partial charge in [0.25, 0.3) is 0 Å². The van der Waals surface area contributed by atoms with E-state index in [0.29, 0.717) is 13.2 Å². The van der Waals surface area contributed by atoms with E-state index in [1.54, 1.807) is 0 Å². The van der Waals surface area contributed by atoms with E-state index in [0.717, 1.165) is 43.2 Å². The van der Waals surface area contributed by atoms with Gasteiger partial charge in [0, 0.05) is 26.2 Å². The highest BCUT2D eigenvalue weighted by Gasteiger charge is 2.35. The summed E-state index contributed by atoms with van der Waals surface area (Å²) in [4.78, 5) is 2.22. The molecule has 5 heteroatoms. The first-order valence-corrected chi connectivity index (χ1v) is 7.01. The Morgan fingerprint density at radius 1 is 1.20 bits per heavy atom. The fourth-order valence-electron chi connectivity index (χ4n) is 2.78. The third-order valence-corrected chi connectivity index (χ3v) is 4.07. The Balaban J connectivity index is 1.94. The maximum atomic E-state index is 9.71. The first-order chi connectivity index (χ1) is 9.74. The standard InChI is InChI=1S/C15H19N3O2/c1-15(11-16,18-6-4-17-5-7-18)12-2-3-13-14(10-12)20-9-8-19-13/h2-3,10,17H,4-9H2,1H3. The van der Waals surface area contributed by atoms with Crippen molar-refractivity contribution in [2.75, 3.05) is 39.4 Å². The van der Waals surface area contributed by atoms with Gasteiger partial charge in [-0.1, -0.05) is 6.07 Å². The molecular formula is C15H19N3O2. The highest BCUT2D eigenvalue weighted by molar-refractivity contribution is 5.47. The smallest absolute Gasteiger partial charge is 0.161 e. The molecule has 3 rings (SSSR count). The molecule has 1 aromatic rings. The molecule has 0 amide bonds. The van der Waals surface area contributed by atoms with Crippen molar-refractivity contribution in [3.63, 3.8) is 0 Å². The molecule has 1 unspecified atom stereocenters. The van der Waals surface area contributed by atoms with Crippen LogP contribution in [0.2, 0.25) is 0 Å². The van der Waals surface area contributed by atoms with Crippen LogP contribution in [0.4, 0.5) is 0 Å². The van der Waals surface area contributed by atoms with E-state index < -0.39 is 5.54 Å². The molecule has 0 aromatic heterocycles. The molecule has 1 saturated heterocycles. The molecule has 1 N–H and O–H groups in total. The molecular weight excluding hydrogens is 254 g/mol. The lowest BCUT2D eigenvalue weighted by Gasteiger charge is -2.39. The van der Waals surface area contributed by atoms with Crippen molar-refractivity contribution in [2.24, 2.45) is 0 Å². The number of nitrogens with one attached hydrogen (secondary N) is 1.